The molecule has 3 rings (SSSR count). The van der Waals surface area contributed by atoms with E-state index in [1.807, 2.05) is 0 Å². The Kier molecular flexibility index (Phi) is 4.84. The Morgan fingerprint density at radius 2 is 2.12 bits per heavy atom. The van der Waals surface area contributed by atoms with E-state index >= 15 is 0 Å². The van der Waals surface area contributed by atoms with Gasteiger partial charge < -0.3 is 4.90 Å². The van der Waals surface area contributed by atoms with Crippen LogP contribution in [0.1, 0.15) is 29.8 Å². The predicted molar refractivity (Wildman–Crippen MR) is 87.9 cm³/mol. The van der Waals surface area contributed by atoms with Crippen LogP contribution in [-0.4, -0.2) is 33.0 Å². The highest BCUT2D eigenvalue weighted by Crippen LogP contribution is 2.23. The Labute approximate surface area is 142 Å². The van der Waals surface area contributed by atoms with E-state index in [0.29, 0.717) is 24.4 Å². The number of aryl methyl sites for hydroxylation is 1. The summed E-state index contributed by atoms with van der Waals surface area (Å²) in [7, 11) is 0. The number of anilines is 1. The summed E-state index contributed by atoms with van der Waals surface area (Å²) < 4.78 is 13.0. The van der Waals surface area contributed by atoms with E-state index in [4.69, 9.17) is 0 Å². The number of hydrogen-bond donors (Lipinski definition) is 1. The number of nitrogens with one attached hydrogen (secondary N) is 1. The molecule has 1 aliphatic heterocycles. The van der Waals surface area contributed by atoms with E-state index in [1.54, 1.807) is 24.0 Å². The van der Waals surface area contributed by atoms with Crippen LogP contribution in [0.3, 0.4) is 0 Å². The van der Waals surface area contributed by atoms with Crippen LogP contribution < -0.4 is 5.32 Å². The quantitative estimate of drug-likeness (QED) is 0.921. The van der Waals surface area contributed by atoms with Crippen molar-refractivity contribution in [2.45, 2.75) is 38.8 Å². The minimum Gasteiger partial charge on any atom is -0.326 e. The SMILES string of the molecule is Cc1nnc(NC(=O)C2CCCC(=O)N2Cc2ccc(F)cc2)s1. The Bertz CT molecular complexity index is 747. The van der Waals surface area contributed by atoms with Gasteiger partial charge in [0.15, 0.2) is 0 Å². The van der Waals surface area contributed by atoms with Crippen molar-refractivity contribution in [2.24, 2.45) is 0 Å². The number of benzene rings is 1. The Hall–Kier alpha value is -2.35. The van der Waals surface area contributed by atoms with E-state index in [1.165, 1.54) is 23.5 Å². The van der Waals surface area contributed by atoms with Crippen LogP contribution in [0.25, 0.3) is 0 Å². The van der Waals surface area contributed by atoms with Crippen LogP contribution in [-0.2, 0) is 16.1 Å². The predicted octanol–water partition coefficient (Wildman–Crippen LogP) is 2.51. The third kappa shape index (κ3) is 3.76. The standard InChI is InChI=1S/C16H17FN4O2S/c1-10-19-20-16(24-10)18-15(23)13-3-2-4-14(22)21(13)9-11-5-7-12(17)8-6-11/h5-8,13H,2-4,9H2,1H3,(H,18,20,23). The minimum absolute atomic E-state index is 0.0702. The van der Waals surface area contributed by atoms with E-state index in [-0.39, 0.29) is 24.2 Å². The monoisotopic (exact) mass is 348 g/mol. The molecule has 2 amide bonds. The number of halogens is 1. The van der Waals surface area contributed by atoms with E-state index in [2.05, 4.69) is 15.5 Å². The number of carbonyl (C=O) groups is 2. The maximum Gasteiger partial charge on any atom is 0.249 e. The lowest BCUT2D eigenvalue weighted by Gasteiger charge is -2.34. The van der Waals surface area contributed by atoms with Crippen molar-refractivity contribution < 1.29 is 14.0 Å². The minimum atomic E-state index is -0.555. The fourth-order valence-electron chi connectivity index (χ4n) is 2.71. The summed E-state index contributed by atoms with van der Waals surface area (Å²) in [6, 6.07) is 5.40. The normalized spacial score (nSPS) is 17.8. The lowest BCUT2D eigenvalue weighted by atomic mass is 9.99. The number of amides is 2. The summed E-state index contributed by atoms with van der Waals surface area (Å²) >= 11 is 1.29. The van der Waals surface area contributed by atoms with Crippen LogP contribution in [0.5, 0.6) is 0 Å². The topological polar surface area (TPSA) is 75.2 Å². The van der Waals surface area contributed by atoms with E-state index in [9.17, 15) is 14.0 Å². The first-order chi connectivity index (χ1) is 11.5. The number of rotatable bonds is 4. The van der Waals surface area contributed by atoms with Gasteiger partial charge in [-0.05, 0) is 37.5 Å². The lowest BCUT2D eigenvalue weighted by molar-refractivity contribution is -0.142. The van der Waals surface area contributed by atoms with E-state index < -0.39 is 6.04 Å². The van der Waals surface area contributed by atoms with Crippen LogP contribution in [0.2, 0.25) is 0 Å². The summed E-state index contributed by atoms with van der Waals surface area (Å²) in [5.41, 5.74) is 0.788. The lowest BCUT2D eigenvalue weighted by Crippen LogP contribution is -2.49. The summed E-state index contributed by atoms with van der Waals surface area (Å²) in [5.74, 6) is -0.662. The molecule has 24 heavy (non-hydrogen) atoms. The Morgan fingerprint density at radius 1 is 1.38 bits per heavy atom. The highest BCUT2D eigenvalue weighted by molar-refractivity contribution is 7.15. The summed E-state index contributed by atoms with van der Waals surface area (Å²) in [6.45, 7) is 2.09. The smallest absolute Gasteiger partial charge is 0.249 e. The van der Waals surface area contributed by atoms with Crippen molar-refractivity contribution >= 4 is 28.3 Å². The molecule has 1 fully saturated rings. The molecule has 8 heteroatoms. The average molecular weight is 348 g/mol. The van der Waals surface area contributed by atoms with Crippen molar-refractivity contribution in [1.82, 2.24) is 15.1 Å². The van der Waals surface area contributed by atoms with Crippen LogP contribution in [0.15, 0.2) is 24.3 Å². The molecule has 2 aromatic rings. The molecule has 0 radical (unpaired) electrons. The van der Waals surface area contributed by atoms with Crippen molar-refractivity contribution in [3.8, 4) is 0 Å². The second kappa shape index (κ2) is 7.04. The van der Waals surface area contributed by atoms with Gasteiger partial charge >= 0.3 is 0 Å². The molecule has 1 aromatic carbocycles. The van der Waals surface area contributed by atoms with Crippen molar-refractivity contribution in [3.63, 3.8) is 0 Å². The molecule has 6 nitrogen and oxygen atoms in total. The Balaban J connectivity index is 1.74. The molecule has 0 spiro atoms. The first-order valence-corrected chi connectivity index (χ1v) is 8.49. The van der Waals surface area contributed by atoms with Crippen molar-refractivity contribution in [1.29, 1.82) is 0 Å². The maximum atomic E-state index is 13.0. The molecule has 2 heterocycles. The van der Waals surface area contributed by atoms with Gasteiger partial charge in [0.1, 0.15) is 16.9 Å². The average Bonchev–Trinajstić information content (AvgIpc) is 2.96. The first kappa shape index (κ1) is 16.5. The molecule has 0 saturated carbocycles. The summed E-state index contributed by atoms with van der Waals surface area (Å²) in [4.78, 5) is 26.4. The molecule has 0 aliphatic carbocycles. The molecule has 1 N–H and O–H groups in total. The molecule has 1 atom stereocenters. The molecule has 1 unspecified atom stereocenters. The zero-order chi connectivity index (χ0) is 17.1. The largest absolute Gasteiger partial charge is 0.326 e. The maximum absolute atomic E-state index is 13.0. The van der Waals surface area contributed by atoms with Gasteiger partial charge in [0.05, 0.1) is 0 Å². The van der Waals surface area contributed by atoms with Gasteiger partial charge in [-0.1, -0.05) is 23.5 Å². The van der Waals surface area contributed by atoms with E-state index in [0.717, 1.165) is 10.6 Å². The summed E-state index contributed by atoms with van der Waals surface area (Å²) in [6.07, 6.45) is 1.69. The van der Waals surface area contributed by atoms with Gasteiger partial charge in [-0.25, -0.2) is 4.39 Å². The number of piperidine rings is 1. The molecular weight excluding hydrogens is 331 g/mol. The van der Waals surface area contributed by atoms with Crippen LogP contribution >= 0.6 is 11.3 Å². The number of hydrogen-bond acceptors (Lipinski definition) is 5. The third-order valence-corrected chi connectivity index (χ3v) is 4.64. The number of aromatic nitrogens is 2. The van der Waals surface area contributed by atoms with Gasteiger partial charge in [0, 0.05) is 13.0 Å². The van der Waals surface area contributed by atoms with Crippen molar-refractivity contribution in [3.05, 3.63) is 40.7 Å². The number of carbonyl (C=O) groups excluding carboxylic acids is 2. The Morgan fingerprint density at radius 3 is 2.79 bits per heavy atom. The second-order valence-corrected chi connectivity index (χ2v) is 6.85. The van der Waals surface area contributed by atoms with Crippen LogP contribution in [0.4, 0.5) is 9.52 Å². The molecule has 126 valence electrons. The summed E-state index contributed by atoms with van der Waals surface area (Å²) in [5, 5.41) is 11.7. The van der Waals surface area contributed by atoms with Crippen molar-refractivity contribution in [2.75, 3.05) is 5.32 Å². The molecule has 1 aliphatic rings. The van der Waals surface area contributed by atoms with Gasteiger partial charge in [-0.15, -0.1) is 10.2 Å². The van der Waals surface area contributed by atoms with Gasteiger partial charge in [-0.3, -0.25) is 14.9 Å². The van der Waals surface area contributed by atoms with Gasteiger partial charge in [-0.2, -0.15) is 0 Å². The fraction of sp³-hybridized carbons (Fsp3) is 0.375. The number of likely N-dealkylation sites (tertiary alicyclic amines) is 1. The molecule has 1 aromatic heterocycles. The molecule has 0 bridgehead atoms. The number of nitrogens with zero attached hydrogens (tertiary/aromatic N) is 3. The van der Waals surface area contributed by atoms with Gasteiger partial charge in [0.25, 0.3) is 0 Å². The van der Waals surface area contributed by atoms with Crippen LogP contribution in [0, 0.1) is 12.7 Å². The highest BCUT2D eigenvalue weighted by atomic mass is 32.1. The first-order valence-electron chi connectivity index (χ1n) is 7.68. The zero-order valence-corrected chi connectivity index (χ0v) is 14.0. The highest BCUT2D eigenvalue weighted by Gasteiger charge is 2.33. The molecular formula is C16H17FN4O2S. The fourth-order valence-corrected chi connectivity index (χ4v) is 3.31. The second-order valence-electron chi connectivity index (χ2n) is 5.67. The third-order valence-electron chi connectivity index (χ3n) is 3.89. The van der Waals surface area contributed by atoms with Gasteiger partial charge in [0.2, 0.25) is 16.9 Å². The zero-order valence-electron chi connectivity index (χ0n) is 13.2. The molecule has 1 saturated heterocycles.